The van der Waals surface area contributed by atoms with Gasteiger partial charge in [-0.1, -0.05) is 6.07 Å². The molecule has 3 fully saturated rings. The molecule has 0 bridgehead atoms. The molecule has 0 aromatic carbocycles. The summed E-state index contributed by atoms with van der Waals surface area (Å²) < 4.78 is 11.3. The molecule has 3 N–H and O–H groups in total. The number of H-pyrrole nitrogens is 1. The van der Waals surface area contributed by atoms with Crippen molar-refractivity contribution in [1.29, 1.82) is 0 Å². The van der Waals surface area contributed by atoms with Gasteiger partial charge in [0.2, 0.25) is 5.91 Å². The lowest BCUT2D eigenvalue weighted by Crippen LogP contribution is -2.40. The molecule has 10 nitrogen and oxygen atoms in total. The van der Waals surface area contributed by atoms with Gasteiger partial charge in [0.15, 0.2) is 0 Å². The lowest BCUT2D eigenvalue weighted by atomic mass is 10.0. The van der Waals surface area contributed by atoms with Gasteiger partial charge >= 0.3 is 6.09 Å². The van der Waals surface area contributed by atoms with Gasteiger partial charge in [-0.2, -0.15) is 5.10 Å². The minimum Gasteiger partial charge on any atom is -0.444 e. The van der Waals surface area contributed by atoms with E-state index in [-0.39, 0.29) is 29.7 Å². The molecule has 5 rings (SSSR count). The predicted octanol–water partition coefficient (Wildman–Crippen LogP) is 2.73. The number of carbonyl (C=O) groups excluding carboxylic acids is 2. The Balaban J connectivity index is 1.10. The Morgan fingerprint density at radius 1 is 1.38 bits per heavy atom. The van der Waals surface area contributed by atoms with Crippen molar-refractivity contribution in [3.8, 4) is 0 Å². The molecule has 4 atom stereocenters. The number of aromatic nitrogens is 3. The fourth-order valence-corrected chi connectivity index (χ4v) is 4.62. The fourth-order valence-electron chi connectivity index (χ4n) is 4.62. The van der Waals surface area contributed by atoms with Gasteiger partial charge in [-0.25, -0.2) is 4.79 Å². The average Bonchev–Trinajstić information content (AvgIpc) is 3.28. The Hall–Kier alpha value is -3.14. The van der Waals surface area contributed by atoms with Crippen molar-refractivity contribution in [2.75, 3.05) is 25.0 Å². The fraction of sp³-hybridized carbons (Fsp3) is 0.583. The first-order valence-corrected chi connectivity index (χ1v) is 12.0. The summed E-state index contributed by atoms with van der Waals surface area (Å²) in [6, 6.07) is 5.45. The number of carbonyl (C=O) groups is 2. The quantitative estimate of drug-likeness (QED) is 0.571. The summed E-state index contributed by atoms with van der Waals surface area (Å²) >= 11 is 0. The van der Waals surface area contributed by atoms with Gasteiger partial charge in [-0.3, -0.25) is 14.9 Å². The van der Waals surface area contributed by atoms with E-state index in [1.165, 1.54) is 5.56 Å². The zero-order valence-electron chi connectivity index (χ0n) is 19.6. The van der Waals surface area contributed by atoms with Gasteiger partial charge in [-0.05, 0) is 44.7 Å². The van der Waals surface area contributed by atoms with Crippen molar-refractivity contribution in [2.24, 2.45) is 0 Å². The normalized spacial score (nSPS) is 26.2. The number of amides is 2. The number of hydrogen-bond acceptors (Lipinski definition) is 7. The third kappa shape index (κ3) is 5.16. The third-order valence-electron chi connectivity index (χ3n) is 6.97. The number of ether oxygens (including phenoxy) is 2. The Morgan fingerprint density at radius 3 is 3.00 bits per heavy atom. The molecule has 182 valence electrons. The molecule has 2 aliphatic heterocycles. The molecule has 0 radical (unpaired) electrons. The van der Waals surface area contributed by atoms with Crippen molar-refractivity contribution in [2.45, 2.75) is 69.2 Å². The summed E-state index contributed by atoms with van der Waals surface area (Å²) in [5.41, 5.74) is 1.86. The van der Waals surface area contributed by atoms with Crippen LogP contribution in [0.25, 0.3) is 0 Å². The van der Waals surface area contributed by atoms with E-state index < -0.39 is 6.04 Å². The molecule has 2 saturated heterocycles. The number of likely N-dealkylation sites (tertiary alicyclic amines) is 1. The number of nitrogens with zero attached hydrogens (tertiary/aromatic N) is 3. The van der Waals surface area contributed by atoms with Gasteiger partial charge in [0.25, 0.3) is 0 Å². The molecule has 1 saturated carbocycles. The van der Waals surface area contributed by atoms with Gasteiger partial charge in [0.1, 0.15) is 24.1 Å². The first-order valence-electron chi connectivity index (χ1n) is 12.0. The maximum Gasteiger partial charge on any atom is 0.407 e. The minimum absolute atomic E-state index is 0.0527. The monoisotopic (exact) mass is 468 g/mol. The van der Waals surface area contributed by atoms with Crippen molar-refractivity contribution in [3.63, 3.8) is 0 Å². The molecule has 0 spiro atoms. The van der Waals surface area contributed by atoms with E-state index in [0.717, 1.165) is 31.5 Å². The highest BCUT2D eigenvalue weighted by Crippen LogP contribution is 2.35. The summed E-state index contributed by atoms with van der Waals surface area (Å²) in [6.45, 7) is 5.64. The molecule has 2 amide bonds. The van der Waals surface area contributed by atoms with Crippen LogP contribution in [0.2, 0.25) is 0 Å². The highest BCUT2D eigenvalue weighted by atomic mass is 16.6. The van der Waals surface area contributed by atoms with Crippen LogP contribution in [0.1, 0.15) is 62.8 Å². The molecule has 4 heterocycles. The number of anilines is 1. The largest absolute Gasteiger partial charge is 0.444 e. The van der Waals surface area contributed by atoms with Gasteiger partial charge in [0.05, 0.1) is 12.3 Å². The van der Waals surface area contributed by atoms with Crippen LogP contribution in [0, 0.1) is 0 Å². The van der Waals surface area contributed by atoms with Gasteiger partial charge < -0.3 is 25.0 Å². The van der Waals surface area contributed by atoms with Crippen molar-refractivity contribution in [3.05, 3.63) is 41.9 Å². The number of nitrogens with one attached hydrogen (secondary N) is 3. The van der Waals surface area contributed by atoms with Crippen molar-refractivity contribution >= 4 is 17.8 Å². The van der Waals surface area contributed by atoms with Crippen LogP contribution in [-0.2, 0) is 14.3 Å². The van der Waals surface area contributed by atoms with E-state index >= 15 is 0 Å². The van der Waals surface area contributed by atoms with Gasteiger partial charge in [-0.15, -0.1) is 0 Å². The minimum atomic E-state index is -0.406. The Bertz CT molecular complexity index is 1020. The predicted molar refractivity (Wildman–Crippen MR) is 124 cm³/mol. The second-order valence-electron chi connectivity index (χ2n) is 9.90. The van der Waals surface area contributed by atoms with Crippen LogP contribution >= 0.6 is 0 Å². The number of rotatable bonds is 7. The SMILES string of the molecule is C[C@H](Nc1cc([C@H]2C[C@@H](OC(=O)NC3(C)CC3)CO2)[nH]n1)C(=O)N1CC[C@H](c2cccnc2)C1. The van der Waals surface area contributed by atoms with E-state index in [1.54, 1.807) is 6.20 Å². The van der Waals surface area contributed by atoms with Crippen LogP contribution in [0.4, 0.5) is 10.6 Å². The van der Waals surface area contributed by atoms with Crippen molar-refractivity contribution < 1.29 is 19.1 Å². The molecule has 10 heteroatoms. The molecule has 0 unspecified atom stereocenters. The van der Waals surface area contributed by atoms with E-state index in [0.29, 0.717) is 31.3 Å². The lowest BCUT2D eigenvalue weighted by molar-refractivity contribution is -0.130. The highest BCUT2D eigenvalue weighted by Gasteiger charge is 2.40. The Labute approximate surface area is 198 Å². The van der Waals surface area contributed by atoms with Crippen molar-refractivity contribution in [1.82, 2.24) is 25.4 Å². The Kier molecular flexibility index (Phi) is 6.16. The maximum absolute atomic E-state index is 13.0. The molecule has 3 aliphatic rings. The summed E-state index contributed by atoms with van der Waals surface area (Å²) in [7, 11) is 0. The molecule has 34 heavy (non-hydrogen) atoms. The highest BCUT2D eigenvalue weighted by molar-refractivity contribution is 5.84. The van der Waals surface area contributed by atoms with E-state index in [2.05, 4.69) is 31.9 Å². The number of pyridine rings is 1. The standard InChI is InChI=1S/C24H32N6O4/c1-15(22(31)30-9-5-17(13-30)16-4-3-8-25-12-16)26-21-11-19(28-29-21)20-10-18(14-33-20)34-23(32)27-24(2)6-7-24/h3-4,8,11-12,15,17-18,20H,5-7,9-10,13-14H2,1-2H3,(H,27,32)(H2,26,28,29)/t15-,17-,18+,20+/m0/s1. The topological polar surface area (TPSA) is 121 Å². The number of aromatic amines is 1. The van der Waals surface area contributed by atoms with E-state index in [1.807, 2.05) is 37.1 Å². The van der Waals surface area contributed by atoms with Crippen LogP contribution in [0.3, 0.4) is 0 Å². The van der Waals surface area contributed by atoms with Crippen LogP contribution < -0.4 is 10.6 Å². The van der Waals surface area contributed by atoms with Crippen LogP contribution in [0.15, 0.2) is 30.6 Å². The first kappa shape index (κ1) is 22.6. The number of hydrogen-bond donors (Lipinski definition) is 3. The zero-order chi connectivity index (χ0) is 23.7. The molecular weight excluding hydrogens is 436 g/mol. The third-order valence-corrected chi connectivity index (χ3v) is 6.97. The summed E-state index contributed by atoms with van der Waals surface area (Å²) in [4.78, 5) is 31.1. The molecule has 2 aromatic rings. The number of alkyl carbamates (subject to hydrolysis) is 1. The molecule has 1 aliphatic carbocycles. The van der Waals surface area contributed by atoms with E-state index in [9.17, 15) is 9.59 Å². The molecular formula is C24H32N6O4. The average molecular weight is 469 g/mol. The lowest BCUT2D eigenvalue weighted by Gasteiger charge is -2.21. The van der Waals surface area contributed by atoms with Gasteiger partial charge in [0, 0.05) is 49.4 Å². The molecule has 2 aromatic heterocycles. The van der Waals surface area contributed by atoms with Crippen LogP contribution in [0.5, 0.6) is 0 Å². The maximum atomic E-state index is 13.0. The van der Waals surface area contributed by atoms with Crippen LogP contribution in [-0.4, -0.2) is 69.5 Å². The summed E-state index contributed by atoms with van der Waals surface area (Å²) in [5.74, 6) is 0.967. The zero-order valence-corrected chi connectivity index (χ0v) is 19.6. The Morgan fingerprint density at radius 2 is 2.24 bits per heavy atom. The summed E-state index contributed by atoms with van der Waals surface area (Å²) in [6.07, 6.45) is 6.20. The first-order chi connectivity index (χ1) is 16.4. The second kappa shape index (κ2) is 9.25. The second-order valence-corrected chi connectivity index (χ2v) is 9.90. The summed E-state index contributed by atoms with van der Waals surface area (Å²) in [5, 5.41) is 13.4. The smallest absolute Gasteiger partial charge is 0.407 e. The van der Waals surface area contributed by atoms with E-state index in [4.69, 9.17) is 9.47 Å².